The molecule has 12 atom stereocenters. The Morgan fingerprint density at radius 1 is 0.593 bits per heavy atom. The molecule has 9 N–H and O–H groups in total. The lowest BCUT2D eigenvalue weighted by Crippen LogP contribution is -2.65. The van der Waals surface area contributed by atoms with Crippen LogP contribution in [0.3, 0.4) is 0 Å². The molecule has 2 aliphatic rings. The van der Waals surface area contributed by atoms with Crippen molar-refractivity contribution >= 4 is 5.91 Å². The van der Waals surface area contributed by atoms with Crippen LogP contribution in [0.2, 0.25) is 0 Å². The molecule has 2 aliphatic heterocycles. The Labute approximate surface area is 353 Å². The first-order chi connectivity index (χ1) is 28.6. The summed E-state index contributed by atoms with van der Waals surface area (Å²) in [6, 6.07) is -0.930. The maximum Gasteiger partial charge on any atom is 0.220 e. The molecule has 0 spiro atoms. The first kappa shape index (κ1) is 53.3. The van der Waals surface area contributed by atoms with Gasteiger partial charge in [-0.25, -0.2) is 0 Å². The summed E-state index contributed by atoms with van der Waals surface area (Å²) < 4.78 is 22.5. The molecule has 0 saturated carbocycles. The Bertz CT molecular complexity index is 1140. The number of hydrogen-bond donors (Lipinski definition) is 9. The number of carbonyl (C=O) groups excluding carboxylic acids is 1. The van der Waals surface area contributed by atoms with Gasteiger partial charge in [-0.15, -0.1) is 0 Å². The second kappa shape index (κ2) is 32.9. The summed E-state index contributed by atoms with van der Waals surface area (Å²) >= 11 is 0. The molecule has 0 radical (unpaired) electrons. The van der Waals surface area contributed by atoms with Crippen LogP contribution in [0, 0.1) is 0 Å². The van der Waals surface area contributed by atoms with Crippen molar-refractivity contribution in [3.8, 4) is 0 Å². The number of ether oxygens (including phenoxy) is 4. The number of rotatable bonds is 33. The lowest BCUT2D eigenvalue weighted by atomic mass is 9.97. The minimum Gasteiger partial charge on any atom is -0.394 e. The number of allylic oxidation sites excluding steroid dienone is 5. The van der Waals surface area contributed by atoms with E-state index in [2.05, 4.69) is 43.5 Å². The quantitative estimate of drug-likeness (QED) is 0.0331. The fraction of sp³-hybridized carbons (Fsp3) is 0.844. The van der Waals surface area contributed by atoms with E-state index in [0.29, 0.717) is 12.8 Å². The maximum atomic E-state index is 12.9. The minimum atomic E-state index is -1.79. The molecule has 0 aliphatic carbocycles. The van der Waals surface area contributed by atoms with Gasteiger partial charge in [-0.05, 0) is 44.9 Å². The van der Waals surface area contributed by atoms with Gasteiger partial charge in [-0.3, -0.25) is 4.79 Å². The molecule has 1 amide bonds. The molecule has 14 heteroatoms. The SMILES string of the molecule is CCCCCCCCCCC/C=C/CC/C=C/CC/C=C/C(O)C(COC1OC(CO)C(OC2OC(CO)C(O)C(O)C2O)C(O)C1O)NC(=O)CCCCCCCC. The summed E-state index contributed by atoms with van der Waals surface area (Å²) in [5, 5.41) is 86.2. The largest absolute Gasteiger partial charge is 0.394 e. The third-order valence-corrected chi connectivity index (χ3v) is 11.1. The summed E-state index contributed by atoms with van der Waals surface area (Å²) in [6.45, 7) is 2.65. The van der Waals surface area contributed by atoms with Gasteiger partial charge in [0.2, 0.25) is 5.91 Å². The highest BCUT2D eigenvalue weighted by Crippen LogP contribution is 2.30. The van der Waals surface area contributed by atoms with Crippen LogP contribution in [0.25, 0.3) is 0 Å². The molecular weight excluding hydrogens is 762 g/mol. The molecule has 0 bridgehead atoms. The Hall–Kier alpha value is -1.79. The Kier molecular flexibility index (Phi) is 29.7. The van der Waals surface area contributed by atoms with Crippen molar-refractivity contribution in [1.82, 2.24) is 5.32 Å². The molecule has 2 fully saturated rings. The second-order valence-corrected chi connectivity index (χ2v) is 16.2. The third-order valence-electron chi connectivity index (χ3n) is 11.1. The van der Waals surface area contributed by atoms with Crippen molar-refractivity contribution in [3.63, 3.8) is 0 Å². The van der Waals surface area contributed by atoms with E-state index < -0.39 is 86.8 Å². The van der Waals surface area contributed by atoms with E-state index in [1.165, 1.54) is 57.8 Å². The van der Waals surface area contributed by atoms with Crippen LogP contribution in [-0.2, 0) is 23.7 Å². The van der Waals surface area contributed by atoms with E-state index in [-0.39, 0.29) is 18.9 Å². The Balaban J connectivity index is 1.87. The van der Waals surface area contributed by atoms with Crippen LogP contribution >= 0.6 is 0 Å². The zero-order valence-electron chi connectivity index (χ0n) is 36.0. The molecule has 2 heterocycles. The van der Waals surface area contributed by atoms with E-state index in [1.807, 2.05) is 6.08 Å². The predicted octanol–water partition coefficient (Wildman–Crippen LogP) is 4.37. The van der Waals surface area contributed by atoms with Crippen molar-refractivity contribution in [2.75, 3.05) is 19.8 Å². The molecule has 14 nitrogen and oxygen atoms in total. The van der Waals surface area contributed by atoms with Gasteiger partial charge in [0.15, 0.2) is 12.6 Å². The molecule has 2 rings (SSSR count). The van der Waals surface area contributed by atoms with Gasteiger partial charge >= 0.3 is 0 Å². The zero-order chi connectivity index (χ0) is 43.3. The van der Waals surface area contributed by atoms with Crippen molar-refractivity contribution in [3.05, 3.63) is 36.5 Å². The van der Waals surface area contributed by atoms with E-state index in [4.69, 9.17) is 18.9 Å². The minimum absolute atomic E-state index is 0.266. The van der Waals surface area contributed by atoms with Crippen LogP contribution in [-0.4, -0.2) is 140 Å². The monoisotopic (exact) mass is 844 g/mol. The van der Waals surface area contributed by atoms with Crippen molar-refractivity contribution in [2.24, 2.45) is 0 Å². The third kappa shape index (κ3) is 21.2. The molecule has 344 valence electrons. The van der Waals surface area contributed by atoms with Crippen LogP contribution < -0.4 is 5.32 Å². The topological polar surface area (TPSA) is 228 Å². The number of unbranched alkanes of at least 4 members (excludes halogenated alkanes) is 16. The molecule has 0 aromatic carbocycles. The molecule has 0 aromatic heterocycles. The smallest absolute Gasteiger partial charge is 0.220 e. The van der Waals surface area contributed by atoms with E-state index in [1.54, 1.807) is 6.08 Å². The number of carbonyl (C=O) groups is 1. The lowest BCUT2D eigenvalue weighted by molar-refractivity contribution is -0.359. The number of hydrogen-bond acceptors (Lipinski definition) is 13. The summed E-state index contributed by atoms with van der Waals surface area (Å²) in [7, 11) is 0. The van der Waals surface area contributed by atoms with Gasteiger partial charge in [0.05, 0.1) is 32.0 Å². The van der Waals surface area contributed by atoms with E-state index in [0.717, 1.165) is 57.8 Å². The zero-order valence-corrected chi connectivity index (χ0v) is 36.0. The molecular formula is C45H81NO13. The fourth-order valence-corrected chi connectivity index (χ4v) is 7.26. The van der Waals surface area contributed by atoms with Gasteiger partial charge in [-0.1, -0.05) is 134 Å². The average molecular weight is 844 g/mol. The highest BCUT2D eigenvalue weighted by molar-refractivity contribution is 5.76. The van der Waals surface area contributed by atoms with Crippen LogP contribution in [0.15, 0.2) is 36.5 Å². The summed E-state index contributed by atoms with van der Waals surface area (Å²) in [6.07, 6.45) is 18.1. The predicted molar refractivity (Wildman–Crippen MR) is 226 cm³/mol. The van der Waals surface area contributed by atoms with Gasteiger partial charge in [0.25, 0.3) is 0 Å². The molecule has 59 heavy (non-hydrogen) atoms. The van der Waals surface area contributed by atoms with Gasteiger partial charge < -0.3 is 65.1 Å². The lowest BCUT2D eigenvalue weighted by Gasteiger charge is -2.46. The van der Waals surface area contributed by atoms with E-state index in [9.17, 15) is 45.6 Å². The number of nitrogens with one attached hydrogen (secondary N) is 1. The molecule has 0 aromatic rings. The first-order valence-corrected chi connectivity index (χ1v) is 22.7. The Morgan fingerprint density at radius 3 is 1.66 bits per heavy atom. The highest BCUT2D eigenvalue weighted by Gasteiger charge is 2.50. The standard InChI is InChI=1S/C45H81NO13/c1-3-5-7-9-11-12-13-14-15-16-17-18-19-20-21-22-23-24-26-28-34(49)33(46-37(50)29-27-25-10-8-6-4-2)32-56-44-42(55)40(53)43(36(31-48)58-44)59-45-41(54)39(52)38(51)35(30-47)57-45/h17-18,21-22,26,28,33-36,38-45,47-49,51-55H,3-16,19-20,23-25,27,29-32H2,1-2H3,(H,46,50)/b18-17+,22-21+,28-26+. The van der Waals surface area contributed by atoms with Crippen LogP contribution in [0.1, 0.15) is 149 Å². The maximum absolute atomic E-state index is 12.9. The van der Waals surface area contributed by atoms with Crippen LogP contribution in [0.5, 0.6) is 0 Å². The van der Waals surface area contributed by atoms with Gasteiger partial charge in [0, 0.05) is 6.42 Å². The summed E-state index contributed by atoms with van der Waals surface area (Å²) in [5.74, 6) is -0.266. The summed E-state index contributed by atoms with van der Waals surface area (Å²) in [5.41, 5.74) is 0. The highest BCUT2D eigenvalue weighted by atomic mass is 16.7. The number of aliphatic hydroxyl groups is 8. The van der Waals surface area contributed by atoms with Crippen molar-refractivity contribution < 1.29 is 64.6 Å². The molecule has 2 saturated heterocycles. The normalized spacial score (nSPS) is 28.8. The fourth-order valence-electron chi connectivity index (χ4n) is 7.26. The number of amides is 1. The van der Waals surface area contributed by atoms with Gasteiger partial charge in [0.1, 0.15) is 48.8 Å². The average Bonchev–Trinajstić information content (AvgIpc) is 3.23. The van der Waals surface area contributed by atoms with Gasteiger partial charge in [-0.2, -0.15) is 0 Å². The van der Waals surface area contributed by atoms with Crippen molar-refractivity contribution in [1.29, 1.82) is 0 Å². The van der Waals surface area contributed by atoms with E-state index >= 15 is 0 Å². The van der Waals surface area contributed by atoms with Crippen LogP contribution in [0.4, 0.5) is 0 Å². The Morgan fingerprint density at radius 2 is 1.08 bits per heavy atom. The first-order valence-electron chi connectivity index (χ1n) is 22.7. The number of aliphatic hydroxyl groups excluding tert-OH is 8. The van der Waals surface area contributed by atoms with Crippen molar-refractivity contribution in [2.45, 2.75) is 222 Å². The second-order valence-electron chi connectivity index (χ2n) is 16.2. The molecule has 12 unspecified atom stereocenters. The summed E-state index contributed by atoms with van der Waals surface area (Å²) in [4.78, 5) is 12.9.